The Balaban J connectivity index is 2.15. The minimum atomic E-state index is -4.68. The number of hydrogen-bond donors (Lipinski definition) is 1. The maximum absolute atomic E-state index is 13.1. The van der Waals surface area contributed by atoms with E-state index in [-0.39, 0.29) is 24.3 Å². The molecule has 3 nitrogen and oxygen atoms in total. The quantitative estimate of drug-likeness (QED) is 0.850. The Kier molecular flexibility index (Phi) is 4.07. The summed E-state index contributed by atoms with van der Waals surface area (Å²) in [4.78, 5) is 12.9. The number of halogens is 3. The van der Waals surface area contributed by atoms with Gasteiger partial charge in [-0.1, -0.05) is 6.92 Å². The van der Waals surface area contributed by atoms with Gasteiger partial charge in [0.25, 0.3) is 0 Å². The standard InChI is InChI=1S/C12H18F3NO2S/c1-8-9(3-2-6-19-8)16-5-4-11(7-16,10(17)18)12(13,14)15/h8-9H,2-7H2,1H3,(H,17,18). The van der Waals surface area contributed by atoms with Gasteiger partial charge in [0.2, 0.25) is 0 Å². The summed E-state index contributed by atoms with van der Waals surface area (Å²) in [5.41, 5.74) is -2.57. The van der Waals surface area contributed by atoms with Crippen LogP contribution in [0.4, 0.5) is 13.2 Å². The van der Waals surface area contributed by atoms with Crippen molar-refractivity contribution >= 4 is 17.7 Å². The Morgan fingerprint density at radius 1 is 1.47 bits per heavy atom. The molecule has 0 bridgehead atoms. The van der Waals surface area contributed by atoms with Crippen molar-refractivity contribution in [3.8, 4) is 0 Å². The molecule has 2 fully saturated rings. The van der Waals surface area contributed by atoms with Gasteiger partial charge in [0, 0.05) is 24.4 Å². The molecule has 0 saturated carbocycles. The van der Waals surface area contributed by atoms with Crippen LogP contribution in [0.3, 0.4) is 0 Å². The highest BCUT2D eigenvalue weighted by molar-refractivity contribution is 7.99. The highest BCUT2D eigenvalue weighted by Crippen LogP contribution is 2.47. The smallest absolute Gasteiger partial charge is 0.406 e. The van der Waals surface area contributed by atoms with Crippen LogP contribution in [0.5, 0.6) is 0 Å². The van der Waals surface area contributed by atoms with E-state index in [9.17, 15) is 18.0 Å². The van der Waals surface area contributed by atoms with Gasteiger partial charge >= 0.3 is 12.1 Å². The molecule has 3 unspecified atom stereocenters. The van der Waals surface area contributed by atoms with Crippen LogP contribution in [0.25, 0.3) is 0 Å². The second-order valence-corrected chi connectivity index (χ2v) is 6.88. The summed E-state index contributed by atoms with van der Waals surface area (Å²) in [7, 11) is 0. The second-order valence-electron chi connectivity index (χ2n) is 5.39. The molecule has 3 atom stereocenters. The predicted octanol–water partition coefficient (Wildman–Crippen LogP) is 2.61. The normalized spacial score (nSPS) is 37.5. The molecule has 0 amide bonds. The molecule has 0 aromatic heterocycles. The first-order valence-corrected chi connectivity index (χ1v) is 7.48. The Bertz CT molecular complexity index is 363. The Hall–Kier alpha value is -0.430. The SMILES string of the molecule is CC1SCCCC1N1CCC(C(=O)O)(C(F)(F)F)C1. The Morgan fingerprint density at radius 2 is 2.16 bits per heavy atom. The van der Waals surface area contributed by atoms with Crippen molar-refractivity contribution in [1.82, 2.24) is 4.90 Å². The molecule has 110 valence electrons. The number of rotatable bonds is 2. The second kappa shape index (κ2) is 5.16. The third kappa shape index (κ3) is 2.59. The number of likely N-dealkylation sites (tertiary alicyclic amines) is 1. The summed E-state index contributed by atoms with van der Waals surface area (Å²) in [6.45, 7) is 1.84. The van der Waals surface area contributed by atoms with Crippen molar-refractivity contribution in [1.29, 1.82) is 0 Å². The first-order chi connectivity index (χ1) is 8.78. The molecule has 7 heteroatoms. The summed E-state index contributed by atoms with van der Waals surface area (Å²) in [6, 6.07) is 0.0716. The summed E-state index contributed by atoms with van der Waals surface area (Å²) in [5, 5.41) is 9.30. The van der Waals surface area contributed by atoms with Crippen molar-refractivity contribution < 1.29 is 23.1 Å². The fraction of sp³-hybridized carbons (Fsp3) is 0.917. The van der Waals surface area contributed by atoms with Gasteiger partial charge < -0.3 is 5.11 Å². The lowest BCUT2D eigenvalue weighted by Crippen LogP contribution is -2.49. The summed E-state index contributed by atoms with van der Waals surface area (Å²) in [6.07, 6.45) is -3.16. The zero-order valence-corrected chi connectivity index (χ0v) is 11.6. The number of carboxylic acids is 1. The molecule has 2 heterocycles. The summed E-state index contributed by atoms with van der Waals surface area (Å²) in [5.74, 6) is -0.701. The number of carboxylic acid groups (broad SMARTS) is 1. The van der Waals surface area contributed by atoms with E-state index in [1.807, 2.05) is 6.92 Å². The van der Waals surface area contributed by atoms with Gasteiger partial charge in [0.15, 0.2) is 5.41 Å². The van der Waals surface area contributed by atoms with E-state index in [0.29, 0.717) is 0 Å². The minimum absolute atomic E-state index is 0.0716. The number of thioether (sulfide) groups is 1. The first-order valence-electron chi connectivity index (χ1n) is 6.44. The molecule has 2 aliphatic heterocycles. The zero-order valence-electron chi connectivity index (χ0n) is 10.7. The van der Waals surface area contributed by atoms with Crippen molar-refractivity contribution in [3.05, 3.63) is 0 Å². The molecular weight excluding hydrogens is 279 g/mol. The van der Waals surface area contributed by atoms with Crippen molar-refractivity contribution in [3.63, 3.8) is 0 Å². The largest absolute Gasteiger partial charge is 0.481 e. The number of carbonyl (C=O) groups is 1. The van der Waals surface area contributed by atoms with Crippen LogP contribution in [0.15, 0.2) is 0 Å². The van der Waals surface area contributed by atoms with Crippen molar-refractivity contribution in [2.45, 2.75) is 43.7 Å². The molecule has 2 aliphatic rings. The Labute approximate surface area is 114 Å². The summed E-state index contributed by atoms with van der Waals surface area (Å²) < 4.78 is 39.3. The van der Waals surface area contributed by atoms with E-state index in [0.717, 1.165) is 18.6 Å². The summed E-state index contributed by atoms with van der Waals surface area (Å²) >= 11 is 1.76. The van der Waals surface area contributed by atoms with E-state index >= 15 is 0 Å². The first kappa shape index (κ1) is 15.0. The predicted molar refractivity (Wildman–Crippen MR) is 67.3 cm³/mol. The van der Waals surface area contributed by atoms with Crippen molar-refractivity contribution in [2.24, 2.45) is 5.41 Å². The van der Waals surface area contributed by atoms with Crippen LogP contribution in [-0.2, 0) is 4.79 Å². The lowest BCUT2D eigenvalue weighted by Gasteiger charge is -2.37. The average Bonchev–Trinajstić information content (AvgIpc) is 2.75. The van der Waals surface area contributed by atoms with Crippen LogP contribution >= 0.6 is 11.8 Å². The molecule has 0 aliphatic carbocycles. The van der Waals surface area contributed by atoms with Crippen LogP contribution in [0.1, 0.15) is 26.2 Å². The van der Waals surface area contributed by atoms with E-state index in [2.05, 4.69) is 0 Å². The third-order valence-electron chi connectivity index (χ3n) is 4.29. The topological polar surface area (TPSA) is 40.5 Å². The third-order valence-corrected chi connectivity index (χ3v) is 5.65. The Morgan fingerprint density at radius 3 is 2.63 bits per heavy atom. The number of hydrogen-bond acceptors (Lipinski definition) is 3. The maximum atomic E-state index is 13.1. The maximum Gasteiger partial charge on any atom is 0.406 e. The van der Waals surface area contributed by atoms with Gasteiger partial charge in [-0.15, -0.1) is 0 Å². The fourth-order valence-electron chi connectivity index (χ4n) is 3.04. The van der Waals surface area contributed by atoms with E-state index in [4.69, 9.17) is 5.11 Å². The molecule has 2 saturated heterocycles. The highest BCUT2D eigenvalue weighted by atomic mass is 32.2. The van der Waals surface area contributed by atoms with Gasteiger partial charge in [0.05, 0.1) is 0 Å². The van der Waals surface area contributed by atoms with Gasteiger partial charge in [0.1, 0.15) is 0 Å². The minimum Gasteiger partial charge on any atom is -0.481 e. The molecular formula is C12H18F3NO2S. The number of nitrogens with zero attached hydrogens (tertiary/aromatic N) is 1. The lowest BCUT2D eigenvalue weighted by molar-refractivity contribution is -0.227. The molecule has 0 aromatic rings. The van der Waals surface area contributed by atoms with Crippen molar-refractivity contribution in [2.75, 3.05) is 18.8 Å². The van der Waals surface area contributed by atoms with Gasteiger partial charge in [-0.05, 0) is 25.0 Å². The van der Waals surface area contributed by atoms with Crippen LogP contribution in [0, 0.1) is 5.41 Å². The zero-order chi connectivity index (χ0) is 14.3. The van der Waals surface area contributed by atoms with Gasteiger partial charge in [-0.25, -0.2) is 0 Å². The number of aliphatic carboxylic acids is 1. The fourth-order valence-corrected chi connectivity index (χ4v) is 4.27. The van der Waals surface area contributed by atoms with E-state index in [1.54, 1.807) is 16.7 Å². The molecule has 2 rings (SSSR count). The number of alkyl halides is 3. The monoisotopic (exact) mass is 297 g/mol. The van der Waals surface area contributed by atoms with E-state index in [1.165, 1.54) is 0 Å². The molecule has 0 radical (unpaired) electrons. The van der Waals surface area contributed by atoms with Gasteiger partial charge in [-0.2, -0.15) is 24.9 Å². The van der Waals surface area contributed by atoms with Gasteiger partial charge in [-0.3, -0.25) is 9.69 Å². The lowest BCUT2D eigenvalue weighted by atomic mass is 9.86. The van der Waals surface area contributed by atoms with Crippen LogP contribution < -0.4 is 0 Å². The average molecular weight is 297 g/mol. The highest BCUT2D eigenvalue weighted by Gasteiger charge is 2.64. The van der Waals surface area contributed by atoms with E-state index < -0.39 is 24.1 Å². The molecule has 0 aromatic carbocycles. The van der Waals surface area contributed by atoms with Crippen LogP contribution in [0.2, 0.25) is 0 Å². The molecule has 19 heavy (non-hydrogen) atoms. The van der Waals surface area contributed by atoms with Crippen LogP contribution in [-0.4, -0.2) is 52.3 Å². The molecule has 1 N–H and O–H groups in total. The molecule has 0 spiro atoms.